The molecule has 11 heteroatoms. The van der Waals surface area contributed by atoms with E-state index in [1.165, 1.54) is 4.68 Å². The molecule has 0 spiro atoms. The van der Waals surface area contributed by atoms with Crippen LogP contribution in [0.1, 0.15) is 42.1 Å². The van der Waals surface area contributed by atoms with E-state index in [0.29, 0.717) is 48.3 Å². The number of hydrogen-bond acceptors (Lipinski definition) is 9. The summed E-state index contributed by atoms with van der Waals surface area (Å²) in [6.45, 7) is 2.60. The third-order valence-corrected chi connectivity index (χ3v) is 7.02. The summed E-state index contributed by atoms with van der Waals surface area (Å²) in [5.41, 5.74) is 1.84. The van der Waals surface area contributed by atoms with Crippen molar-refractivity contribution < 1.29 is 13.9 Å². The van der Waals surface area contributed by atoms with Crippen LogP contribution in [0.2, 0.25) is 0 Å². The first-order valence-electron chi connectivity index (χ1n) is 12.0. The zero-order valence-corrected chi connectivity index (χ0v) is 19.5. The van der Waals surface area contributed by atoms with Crippen molar-refractivity contribution in [3.63, 3.8) is 0 Å². The number of amides is 1. The first-order chi connectivity index (χ1) is 17.1. The molecule has 1 amide bonds. The minimum Gasteiger partial charge on any atom is -0.388 e. The van der Waals surface area contributed by atoms with Crippen molar-refractivity contribution in [1.82, 2.24) is 19.7 Å². The van der Waals surface area contributed by atoms with Gasteiger partial charge in [-0.2, -0.15) is 9.67 Å². The van der Waals surface area contributed by atoms with Crippen molar-refractivity contribution in [1.29, 1.82) is 0 Å². The Morgan fingerprint density at radius 2 is 1.97 bits per heavy atom. The summed E-state index contributed by atoms with van der Waals surface area (Å²) in [7, 11) is 1.77. The van der Waals surface area contributed by atoms with Crippen LogP contribution in [-0.4, -0.2) is 65.0 Å². The molecule has 0 aliphatic carbocycles. The Morgan fingerprint density at radius 1 is 1.11 bits per heavy atom. The Hall–Kier alpha value is -3.73. The normalized spacial score (nSPS) is 20.5. The van der Waals surface area contributed by atoms with E-state index in [9.17, 15) is 9.59 Å². The van der Waals surface area contributed by atoms with Gasteiger partial charge in [-0.1, -0.05) is 6.07 Å². The summed E-state index contributed by atoms with van der Waals surface area (Å²) >= 11 is 0. The highest BCUT2D eigenvalue weighted by atomic mass is 16.5. The number of aromatic nitrogens is 4. The Morgan fingerprint density at radius 3 is 2.80 bits per heavy atom. The SMILES string of the molecule is CNc1ncc2c(n1)N1CCC[C@H]1CN(c1cccc(-c3nn(C4CCOCC4)c(=O)o3)c1)C2=O. The van der Waals surface area contributed by atoms with E-state index < -0.39 is 5.76 Å². The van der Waals surface area contributed by atoms with Gasteiger partial charge in [-0.3, -0.25) is 4.79 Å². The molecule has 5 heterocycles. The first kappa shape index (κ1) is 21.8. The number of carbonyl (C=O) groups is 1. The second-order valence-corrected chi connectivity index (χ2v) is 9.10. The van der Waals surface area contributed by atoms with Crippen molar-refractivity contribution in [2.24, 2.45) is 0 Å². The third-order valence-electron chi connectivity index (χ3n) is 7.02. The van der Waals surface area contributed by atoms with Crippen molar-refractivity contribution in [3.05, 3.63) is 46.6 Å². The summed E-state index contributed by atoms with van der Waals surface area (Å²) in [6.07, 6.45) is 5.07. The quantitative estimate of drug-likeness (QED) is 0.604. The number of rotatable bonds is 4. The van der Waals surface area contributed by atoms with Crippen LogP contribution in [0.25, 0.3) is 11.5 Å². The average Bonchev–Trinajstić information content (AvgIpc) is 3.51. The van der Waals surface area contributed by atoms with Gasteiger partial charge in [-0.15, -0.1) is 5.10 Å². The summed E-state index contributed by atoms with van der Waals surface area (Å²) < 4.78 is 12.3. The molecule has 2 saturated heterocycles. The van der Waals surface area contributed by atoms with Gasteiger partial charge in [0.05, 0.1) is 6.04 Å². The topological polar surface area (TPSA) is 119 Å². The van der Waals surface area contributed by atoms with E-state index >= 15 is 0 Å². The first-order valence-corrected chi connectivity index (χ1v) is 12.0. The van der Waals surface area contributed by atoms with Crippen LogP contribution in [-0.2, 0) is 4.74 Å². The van der Waals surface area contributed by atoms with Crippen molar-refractivity contribution in [2.75, 3.05) is 48.5 Å². The minimum atomic E-state index is -0.476. The van der Waals surface area contributed by atoms with Gasteiger partial charge in [-0.25, -0.2) is 9.78 Å². The van der Waals surface area contributed by atoms with Crippen molar-refractivity contribution >= 4 is 23.4 Å². The molecule has 0 radical (unpaired) electrons. The van der Waals surface area contributed by atoms with Gasteiger partial charge >= 0.3 is 5.76 Å². The highest BCUT2D eigenvalue weighted by Crippen LogP contribution is 2.35. The maximum absolute atomic E-state index is 13.7. The van der Waals surface area contributed by atoms with Crippen LogP contribution < -0.4 is 20.9 Å². The summed E-state index contributed by atoms with van der Waals surface area (Å²) in [4.78, 5) is 39.1. The molecule has 2 aromatic heterocycles. The molecule has 3 aliphatic heterocycles. The smallest absolute Gasteiger partial charge is 0.388 e. The monoisotopic (exact) mass is 477 g/mol. The van der Waals surface area contributed by atoms with Crippen LogP contribution in [0.5, 0.6) is 0 Å². The largest absolute Gasteiger partial charge is 0.437 e. The summed E-state index contributed by atoms with van der Waals surface area (Å²) in [5, 5.41) is 7.44. The Labute approximate surface area is 201 Å². The number of fused-ring (bicyclic) bond motifs is 3. The van der Waals surface area contributed by atoms with Crippen molar-refractivity contribution in [2.45, 2.75) is 37.8 Å². The van der Waals surface area contributed by atoms with Gasteiger partial charge in [0, 0.05) is 56.8 Å². The van der Waals surface area contributed by atoms with Gasteiger partial charge < -0.3 is 24.3 Å². The lowest BCUT2D eigenvalue weighted by molar-refractivity contribution is 0.0644. The Bertz CT molecular complexity index is 1310. The van der Waals surface area contributed by atoms with Crippen LogP contribution in [0, 0.1) is 0 Å². The number of ether oxygens (including phenoxy) is 1. The number of anilines is 3. The van der Waals surface area contributed by atoms with Gasteiger partial charge in [0.25, 0.3) is 5.91 Å². The Balaban J connectivity index is 1.36. The fourth-order valence-corrected chi connectivity index (χ4v) is 5.20. The molecule has 0 unspecified atom stereocenters. The van der Waals surface area contributed by atoms with Gasteiger partial charge in [0.1, 0.15) is 11.4 Å². The molecule has 1 N–H and O–H groups in total. The average molecular weight is 478 g/mol. The second-order valence-electron chi connectivity index (χ2n) is 9.10. The molecule has 11 nitrogen and oxygen atoms in total. The number of nitrogens with zero attached hydrogens (tertiary/aromatic N) is 6. The van der Waals surface area contributed by atoms with Crippen LogP contribution in [0.3, 0.4) is 0 Å². The summed E-state index contributed by atoms with van der Waals surface area (Å²) in [5.74, 6) is 0.791. The Kier molecular flexibility index (Phi) is 5.48. The van der Waals surface area contributed by atoms with E-state index in [-0.39, 0.29) is 23.9 Å². The molecule has 1 atom stereocenters. The highest BCUT2D eigenvalue weighted by molar-refractivity contribution is 6.10. The fraction of sp³-hybridized carbons (Fsp3) is 0.458. The lowest BCUT2D eigenvalue weighted by Crippen LogP contribution is -2.39. The second kappa shape index (κ2) is 8.81. The maximum Gasteiger partial charge on any atom is 0.437 e. The van der Waals surface area contributed by atoms with Gasteiger partial charge in [0.15, 0.2) is 0 Å². The molecule has 35 heavy (non-hydrogen) atoms. The lowest BCUT2D eigenvalue weighted by Gasteiger charge is -2.27. The molecule has 2 fully saturated rings. The van der Waals surface area contributed by atoms with Crippen LogP contribution >= 0.6 is 0 Å². The van der Waals surface area contributed by atoms with E-state index in [4.69, 9.17) is 9.15 Å². The zero-order valence-electron chi connectivity index (χ0n) is 19.5. The van der Waals surface area contributed by atoms with E-state index in [2.05, 4.69) is 25.3 Å². The summed E-state index contributed by atoms with van der Waals surface area (Å²) in [6, 6.07) is 7.56. The molecule has 182 valence electrons. The molecule has 0 bridgehead atoms. The maximum atomic E-state index is 13.7. The number of hydrogen-bond donors (Lipinski definition) is 1. The van der Waals surface area contributed by atoms with Gasteiger partial charge in [-0.05, 0) is 43.9 Å². The number of benzene rings is 1. The lowest BCUT2D eigenvalue weighted by atomic mass is 10.1. The predicted octanol–water partition coefficient (Wildman–Crippen LogP) is 2.32. The van der Waals surface area contributed by atoms with Crippen LogP contribution in [0.15, 0.2) is 39.7 Å². The van der Waals surface area contributed by atoms with Crippen molar-refractivity contribution in [3.8, 4) is 11.5 Å². The zero-order chi connectivity index (χ0) is 23.9. The molecule has 1 aromatic carbocycles. The van der Waals surface area contributed by atoms with E-state index in [1.807, 2.05) is 24.3 Å². The molecule has 3 aromatic rings. The predicted molar refractivity (Wildman–Crippen MR) is 129 cm³/mol. The van der Waals surface area contributed by atoms with Crippen LogP contribution in [0.4, 0.5) is 17.5 Å². The molecular formula is C24H27N7O4. The van der Waals surface area contributed by atoms with E-state index in [1.54, 1.807) is 18.1 Å². The number of carbonyl (C=O) groups excluding carboxylic acids is 1. The van der Waals surface area contributed by atoms with Gasteiger partial charge in [0.2, 0.25) is 11.8 Å². The highest BCUT2D eigenvalue weighted by Gasteiger charge is 2.37. The molecule has 6 rings (SSSR count). The molecular weight excluding hydrogens is 450 g/mol. The fourth-order valence-electron chi connectivity index (χ4n) is 5.20. The standard InChI is InChI=1S/C24H27N7O4/c1-25-23-26-13-19-20(27-23)29-9-3-6-18(29)14-30(22(19)32)17-5-2-4-15(12-17)21-28-31(24(33)35-21)16-7-10-34-11-8-16/h2,4-5,12-13,16,18H,3,6-11,14H2,1H3,(H,25,26,27)/t18-/m0/s1. The third kappa shape index (κ3) is 3.85. The number of nitrogens with one attached hydrogen (secondary N) is 1. The minimum absolute atomic E-state index is 0.0310. The molecule has 0 saturated carbocycles. The molecule has 3 aliphatic rings. The van der Waals surface area contributed by atoms with E-state index in [0.717, 1.165) is 32.2 Å².